The third kappa shape index (κ3) is 8.90. The molecule has 0 radical (unpaired) electrons. The Balaban J connectivity index is 1.36. The number of ether oxygens (including phenoxy) is 4. The predicted molar refractivity (Wildman–Crippen MR) is 215 cm³/mol. The zero-order valence-electron chi connectivity index (χ0n) is 33.3. The number of fused-ring (bicyclic) bond motifs is 3. The minimum atomic E-state index is -2.10. The van der Waals surface area contributed by atoms with E-state index in [9.17, 15) is 9.59 Å². The largest absolute Gasteiger partial charge is 0.493 e. The van der Waals surface area contributed by atoms with Crippen LogP contribution in [0.1, 0.15) is 57.2 Å². The smallest absolute Gasteiger partial charge is 0.407 e. The summed E-state index contributed by atoms with van der Waals surface area (Å²) in [7, 11) is 2.61. The number of alkyl carbamates (subject to hydrolysis) is 1. The maximum absolute atomic E-state index is 14.5. The lowest BCUT2D eigenvalue weighted by atomic mass is 9.98. The molecule has 1 aliphatic carbocycles. The van der Waals surface area contributed by atoms with Gasteiger partial charge in [0.1, 0.15) is 12.6 Å². The van der Waals surface area contributed by atoms with Crippen LogP contribution in [0.4, 0.5) is 4.79 Å². The van der Waals surface area contributed by atoms with Crippen LogP contribution in [0.5, 0.6) is 17.2 Å². The maximum Gasteiger partial charge on any atom is 0.407 e. The average Bonchev–Trinajstić information content (AvgIpc) is 3.47. The van der Waals surface area contributed by atoms with E-state index in [2.05, 4.69) is 68.4 Å². The summed E-state index contributed by atoms with van der Waals surface area (Å²) in [6.07, 6.45) is 1.09. The first kappa shape index (κ1) is 40.3. The van der Waals surface area contributed by atoms with E-state index < -0.39 is 20.5 Å². The highest BCUT2D eigenvalue weighted by atomic mass is 28.4. The molecule has 1 aliphatic rings. The van der Waals surface area contributed by atoms with Crippen LogP contribution in [0, 0.1) is 5.92 Å². The van der Waals surface area contributed by atoms with Crippen molar-refractivity contribution < 1.29 is 33.0 Å². The summed E-state index contributed by atoms with van der Waals surface area (Å²) >= 11 is 0. The molecule has 0 saturated heterocycles. The van der Waals surface area contributed by atoms with Crippen molar-refractivity contribution in [2.75, 3.05) is 41.1 Å². The zero-order valence-corrected chi connectivity index (χ0v) is 34.3. The van der Waals surface area contributed by atoms with E-state index in [0.29, 0.717) is 36.1 Å². The van der Waals surface area contributed by atoms with Gasteiger partial charge in [-0.15, -0.1) is 0 Å². The van der Waals surface area contributed by atoms with Gasteiger partial charge in [0.25, 0.3) is 0 Å². The quantitative estimate of drug-likeness (QED) is 0.120. The minimum Gasteiger partial charge on any atom is -0.493 e. The van der Waals surface area contributed by atoms with Crippen LogP contribution in [-0.2, 0) is 20.5 Å². The van der Waals surface area contributed by atoms with Crippen molar-refractivity contribution in [1.82, 2.24) is 15.2 Å². The summed E-state index contributed by atoms with van der Waals surface area (Å²) in [5, 5.41) is 2.93. The first-order chi connectivity index (χ1) is 25.7. The fourth-order valence-corrected chi connectivity index (χ4v) is 7.59. The monoisotopic (exact) mass is 753 g/mol. The van der Waals surface area contributed by atoms with Crippen LogP contribution in [-0.4, -0.2) is 77.3 Å². The van der Waals surface area contributed by atoms with Gasteiger partial charge < -0.3 is 33.6 Å². The molecule has 2 amide bonds. The highest BCUT2D eigenvalue weighted by Crippen LogP contribution is 2.45. The molecule has 3 aromatic carbocycles. The molecule has 1 heterocycles. The predicted octanol–water partition coefficient (Wildman–Crippen LogP) is 8.69. The van der Waals surface area contributed by atoms with Crippen molar-refractivity contribution in [2.45, 2.75) is 71.3 Å². The summed E-state index contributed by atoms with van der Waals surface area (Å²) in [5.74, 6) is 0.988. The number of amides is 2. The van der Waals surface area contributed by atoms with Crippen LogP contribution >= 0.6 is 0 Å². The average molecular weight is 754 g/mol. The highest BCUT2D eigenvalue weighted by Gasteiger charge is 2.38. The summed E-state index contributed by atoms with van der Waals surface area (Å²) in [6.45, 7) is 15.9. The molecule has 0 spiro atoms. The van der Waals surface area contributed by atoms with E-state index in [1.54, 1.807) is 32.4 Å². The number of benzene rings is 3. The molecule has 0 fully saturated rings. The summed E-state index contributed by atoms with van der Waals surface area (Å²) in [6, 6.07) is 23.1. The van der Waals surface area contributed by atoms with Gasteiger partial charge in [-0.05, 0) is 76.1 Å². The lowest BCUT2D eigenvalue weighted by molar-refractivity contribution is -0.135. The van der Waals surface area contributed by atoms with Gasteiger partial charge in [0.05, 0.1) is 33.6 Å². The van der Waals surface area contributed by atoms with Gasteiger partial charge in [-0.2, -0.15) is 0 Å². The van der Waals surface area contributed by atoms with E-state index in [4.69, 9.17) is 23.4 Å². The number of hydrogen-bond acceptors (Lipinski definition) is 8. The Morgan fingerprint density at radius 2 is 1.46 bits per heavy atom. The number of rotatable bonds is 15. The van der Waals surface area contributed by atoms with Crippen LogP contribution in [0.2, 0.25) is 18.1 Å². The zero-order chi connectivity index (χ0) is 39.2. The molecule has 288 valence electrons. The Hall–Kier alpha value is -4.87. The number of nitrogens with zero attached hydrogens (tertiary/aromatic N) is 2. The van der Waals surface area contributed by atoms with E-state index >= 15 is 0 Å². The first-order valence-corrected chi connectivity index (χ1v) is 21.4. The number of aromatic nitrogens is 1. The SMILES string of the molecule is COc1cc(-c2cc(CN(CCO[Si](C)(C)C(C)(C)C)C(=O)[C@@H](NC(=O)OCC3c4ccccc4-c4ccccc43)C(C)C)ccn2)cc(OC)c1OC. The molecule has 0 unspecified atom stereocenters. The third-order valence-corrected chi connectivity index (χ3v) is 15.2. The van der Waals surface area contributed by atoms with E-state index in [-0.39, 0.29) is 35.9 Å². The summed E-state index contributed by atoms with van der Waals surface area (Å²) < 4.78 is 29.1. The molecule has 1 atom stereocenters. The van der Waals surface area contributed by atoms with Gasteiger partial charge in [0, 0.05) is 30.8 Å². The van der Waals surface area contributed by atoms with Gasteiger partial charge >= 0.3 is 6.09 Å². The first-order valence-electron chi connectivity index (χ1n) is 18.5. The van der Waals surface area contributed by atoms with Crippen molar-refractivity contribution in [3.05, 3.63) is 95.7 Å². The molecular weight excluding hydrogens is 699 g/mol. The third-order valence-electron chi connectivity index (χ3n) is 10.6. The second-order valence-electron chi connectivity index (χ2n) is 15.5. The van der Waals surface area contributed by atoms with Crippen molar-refractivity contribution in [1.29, 1.82) is 0 Å². The van der Waals surface area contributed by atoms with Gasteiger partial charge in [-0.25, -0.2) is 4.79 Å². The number of methoxy groups -OCH3 is 3. The van der Waals surface area contributed by atoms with Crippen molar-refractivity contribution in [3.63, 3.8) is 0 Å². The molecular formula is C43H55N3O7Si. The molecule has 54 heavy (non-hydrogen) atoms. The van der Waals surface area contributed by atoms with Crippen molar-refractivity contribution >= 4 is 20.3 Å². The van der Waals surface area contributed by atoms with Gasteiger partial charge in [0.2, 0.25) is 11.7 Å². The fraction of sp³-hybridized carbons (Fsp3) is 0.419. The number of carbonyl (C=O) groups excluding carboxylic acids is 2. The van der Waals surface area contributed by atoms with Crippen LogP contribution in [0.15, 0.2) is 79.0 Å². The highest BCUT2D eigenvalue weighted by molar-refractivity contribution is 6.74. The number of nitrogens with one attached hydrogen (secondary N) is 1. The topological polar surface area (TPSA) is 108 Å². The molecule has 5 rings (SSSR count). The maximum atomic E-state index is 14.5. The van der Waals surface area contributed by atoms with Gasteiger partial charge in [-0.3, -0.25) is 9.78 Å². The summed E-state index contributed by atoms with van der Waals surface area (Å²) in [4.78, 5) is 34.4. The molecule has 1 aromatic heterocycles. The van der Waals surface area contributed by atoms with E-state index in [1.807, 2.05) is 62.4 Å². The molecule has 0 saturated carbocycles. The van der Waals surface area contributed by atoms with Crippen LogP contribution in [0.3, 0.4) is 0 Å². The minimum absolute atomic E-state index is 0.00838. The molecule has 4 aromatic rings. The Bertz CT molecular complexity index is 1870. The standard InChI is InChI=1S/C43H55N3O7Si/c1-28(2)39(45-42(48)52-27-35-33-17-13-11-15-31(33)32-16-12-14-18-34(32)35)41(47)46(21-22-53-54(9,10)43(3,4)5)26-29-19-20-44-36(23-29)30-24-37(49-6)40(51-8)38(25-30)50-7/h11-20,23-25,28,35,39H,21-22,26-27H2,1-10H3,(H,45,48)/t39-/m0/s1. The van der Waals surface area contributed by atoms with E-state index in [1.165, 1.54) is 0 Å². The van der Waals surface area contributed by atoms with Crippen molar-refractivity contribution in [2.24, 2.45) is 5.92 Å². The Morgan fingerprint density at radius 3 is 2.00 bits per heavy atom. The van der Waals surface area contributed by atoms with Crippen LogP contribution in [0.25, 0.3) is 22.4 Å². The lowest BCUT2D eigenvalue weighted by Crippen LogP contribution is -2.52. The molecule has 1 N–H and O–H groups in total. The fourth-order valence-electron chi connectivity index (χ4n) is 6.55. The Kier molecular flexibility index (Phi) is 12.7. The second-order valence-corrected chi connectivity index (χ2v) is 20.3. The Morgan fingerprint density at radius 1 is 0.870 bits per heavy atom. The summed E-state index contributed by atoms with van der Waals surface area (Å²) in [5.41, 5.74) is 6.85. The van der Waals surface area contributed by atoms with Gasteiger partial charge in [-0.1, -0.05) is 83.1 Å². The number of carbonyl (C=O) groups is 2. The van der Waals surface area contributed by atoms with E-state index in [0.717, 1.165) is 33.4 Å². The molecule has 0 bridgehead atoms. The lowest BCUT2D eigenvalue weighted by Gasteiger charge is -2.37. The normalized spacial score (nSPS) is 13.2. The number of pyridine rings is 1. The molecule has 10 nitrogen and oxygen atoms in total. The van der Waals surface area contributed by atoms with Crippen molar-refractivity contribution in [3.8, 4) is 39.6 Å². The molecule has 11 heteroatoms. The van der Waals surface area contributed by atoms with Crippen LogP contribution < -0.4 is 19.5 Å². The molecule has 0 aliphatic heterocycles. The number of hydrogen-bond donors (Lipinski definition) is 1. The van der Waals surface area contributed by atoms with Gasteiger partial charge in [0.15, 0.2) is 19.8 Å². The Labute approximate surface area is 321 Å². The second kappa shape index (κ2) is 17.1.